The first-order valence-electron chi connectivity index (χ1n) is 16.4. The largest absolute Gasteiger partial charge is 0.377 e. The van der Waals surface area contributed by atoms with Crippen molar-refractivity contribution in [3.8, 4) is 0 Å². The van der Waals surface area contributed by atoms with Gasteiger partial charge >= 0.3 is 0 Å². The van der Waals surface area contributed by atoms with Gasteiger partial charge < -0.3 is 48.7 Å². The third-order valence-corrected chi connectivity index (χ3v) is 7.82. The van der Waals surface area contributed by atoms with E-state index in [1.165, 1.54) is 4.90 Å². The predicted molar refractivity (Wildman–Crippen MR) is 175 cm³/mol. The molecule has 4 amide bonds. The van der Waals surface area contributed by atoms with Crippen LogP contribution in [0.2, 0.25) is 0 Å². The Bertz CT molecular complexity index is 1160. The molecule has 3 N–H and O–H groups in total. The highest BCUT2D eigenvalue weighted by atomic mass is 35.5. The molecule has 2 saturated heterocycles. The summed E-state index contributed by atoms with van der Waals surface area (Å²) in [6, 6.07) is 4.31. The zero-order chi connectivity index (χ0) is 33.1. The topological polar surface area (TPSA) is 172 Å². The molecular weight excluding hydrogens is 652 g/mol. The van der Waals surface area contributed by atoms with Crippen molar-refractivity contribution in [3.63, 3.8) is 0 Å². The van der Waals surface area contributed by atoms with Gasteiger partial charge in [-0.2, -0.15) is 0 Å². The molecule has 0 aromatic heterocycles. The highest BCUT2D eigenvalue weighted by molar-refractivity contribution is 6.06. The van der Waals surface area contributed by atoms with Crippen LogP contribution in [0.1, 0.15) is 41.6 Å². The van der Waals surface area contributed by atoms with E-state index in [0.29, 0.717) is 95.6 Å². The van der Waals surface area contributed by atoms with Crippen LogP contribution in [0.4, 0.5) is 5.69 Å². The Balaban J connectivity index is 0.00000625. The zero-order valence-corrected chi connectivity index (χ0v) is 28.2. The summed E-state index contributed by atoms with van der Waals surface area (Å²) < 4.78 is 38.6. The molecule has 1 aromatic rings. The standard InChI is InChI=1S/C32H48N4O11.ClH/c37-29-5-4-28(31(39)35-29)36-22-26-25(32(36)40)2-1-3-27(26)34-30(38)23-46-19-18-44-15-14-42-11-10-41-12-13-43-16-17-45-20-21-47-24-6-8-33-9-7-24;/h1-3,24,28,33H,4-23H2,(H,34,38)(H,35,37,39);1H. The fourth-order valence-corrected chi connectivity index (χ4v) is 5.39. The minimum Gasteiger partial charge on any atom is -0.377 e. The van der Waals surface area contributed by atoms with E-state index in [0.717, 1.165) is 25.9 Å². The van der Waals surface area contributed by atoms with E-state index in [1.54, 1.807) is 18.2 Å². The molecule has 2 fully saturated rings. The van der Waals surface area contributed by atoms with Gasteiger partial charge in [0.1, 0.15) is 12.6 Å². The Morgan fingerprint density at radius 2 is 1.33 bits per heavy atom. The number of halogens is 1. The van der Waals surface area contributed by atoms with Crippen molar-refractivity contribution < 1.29 is 52.3 Å². The number of nitrogens with zero attached hydrogens (tertiary/aromatic N) is 1. The van der Waals surface area contributed by atoms with Crippen LogP contribution in [0.25, 0.3) is 0 Å². The fraction of sp³-hybridized carbons (Fsp3) is 0.688. The summed E-state index contributed by atoms with van der Waals surface area (Å²) in [6.45, 7) is 7.46. The van der Waals surface area contributed by atoms with Gasteiger partial charge in [0.15, 0.2) is 0 Å². The maximum atomic E-state index is 12.9. The van der Waals surface area contributed by atoms with Crippen LogP contribution in [0, 0.1) is 0 Å². The number of rotatable bonds is 23. The smallest absolute Gasteiger partial charge is 0.255 e. The number of hydrogen-bond acceptors (Lipinski definition) is 12. The molecule has 1 atom stereocenters. The Morgan fingerprint density at radius 3 is 1.92 bits per heavy atom. The molecule has 1 unspecified atom stereocenters. The third kappa shape index (κ3) is 13.6. The molecule has 1 aromatic carbocycles. The number of amides is 4. The van der Waals surface area contributed by atoms with Crippen LogP contribution in [0.15, 0.2) is 18.2 Å². The molecule has 3 aliphatic heterocycles. The van der Waals surface area contributed by atoms with Gasteiger partial charge in [0.05, 0.1) is 85.4 Å². The van der Waals surface area contributed by atoms with E-state index >= 15 is 0 Å². The Kier molecular flexibility index (Phi) is 18.9. The highest BCUT2D eigenvalue weighted by Crippen LogP contribution is 2.32. The quantitative estimate of drug-likeness (QED) is 0.108. The molecule has 0 radical (unpaired) electrons. The predicted octanol–water partition coefficient (Wildman–Crippen LogP) is 0.676. The summed E-state index contributed by atoms with van der Waals surface area (Å²) in [5.74, 6) is -1.50. The van der Waals surface area contributed by atoms with Gasteiger partial charge in [0, 0.05) is 29.8 Å². The van der Waals surface area contributed by atoms with Crippen molar-refractivity contribution in [1.29, 1.82) is 0 Å². The third-order valence-electron chi connectivity index (χ3n) is 7.82. The molecule has 0 saturated carbocycles. The Morgan fingerprint density at radius 1 is 0.771 bits per heavy atom. The van der Waals surface area contributed by atoms with Crippen molar-refractivity contribution in [1.82, 2.24) is 15.5 Å². The van der Waals surface area contributed by atoms with Crippen LogP contribution < -0.4 is 16.0 Å². The molecular formula is C32H49ClN4O11. The summed E-state index contributed by atoms with van der Waals surface area (Å²) in [5, 5.41) is 8.38. The van der Waals surface area contributed by atoms with Gasteiger partial charge in [-0.15, -0.1) is 12.4 Å². The first-order valence-corrected chi connectivity index (χ1v) is 16.4. The van der Waals surface area contributed by atoms with E-state index in [4.69, 9.17) is 33.2 Å². The van der Waals surface area contributed by atoms with Gasteiger partial charge in [0.25, 0.3) is 5.91 Å². The van der Waals surface area contributed by atoms with Gasteiger partial charge in [-0.05, 0) is 44.5 Å². The first kappa shape index (κ1) is 39.7. The van der Waals surface area contributed by atoms with E-state index < -0.39 is 11.9 Å². The van der Waals surface area contributed by atoms with E-state index in [9.17, 15) is 19.2 Å². The molecule has 3 heterocycles. The second kappa shape index (κ2) is 22.8. The minimum absolute atomic E-state index is 0. The lowest BCUT2D eigenvalue weighted by Gasteiger charge is -2.29. The van der Waals surface area contributed by atoms with Crippen molar-refractivity contribution in [2.24, 2.45) is 0 Å². The highest BCUT2D eigenvalue weighted by Gasteiger charge is 2.40. The van der Waals surface area contributed by atoms with Crippen molar-refractivity contribution in [3.05, 3.63) is 29.3 Å². The van der Waals surface area contributed by atoms with Crippen molar-refractivity contribution in [2.45, 2.75) is 44.4 Å². The van der Waals surface area contributed by atoms with Gasteiger partial charge in [-0.25, -0.2) is 0 Å². The number of anilines is 1. The number of imide groups is 1. The van der Waals surface area contributed by atoms with Crippen LogP contribution >= 0.6 is 12.4 Å². The summed E-state index contributed by atoms with van der Waals surface area (Å²) in [6.07, 6.45) is 2.91. The SMILES string of the molecule is Cl.O=C1CCC(N2Cc3c(NC(=O)COCCOCCOCCOCCOCCOCCOC4CCNCC4)cccc3C2=O)C(=O)N1. The Labute approximate surface area is 287 Å². The molecule has 0 aliphatic carbocycles. The van der Waals surface area contributed by atoms with E-state index in [1.807, 2.05) is 0 Å². The monoisotopic (exact) mass is 700 g/mol. The molecule has 3 aliphatic rings. The summed E-state index contributed by atoms with van der Waals surface area (Å²) in [4.78, 5) is 50.6. The summed E-state index contributed by atoms with van der Waals surface area (Å²) in [7, 11) is 0. The first-order chi connectivity index (χ1) is 23.0. The van der Waals surface area contributed by atoms with Gasteiger partial charge in [-0.3, -0.25) is 24.5 Å². The molecule has 0 spiro atoms. The number of piperidine rings is 2. The minimum atomic E-state index is -0.722. The van der Waals surface area contributed by atoms with E-state index in [2.05, 4.69) is 16.0 Å². The Hall–Kier alpha value is -2.73. The molecule has 0 bridgehead atoms. The van der Waals surface area contributed by atoms with Crippen molar-refractivity contribution in [2.75, 3.05) is 104 Å². The number of benzene rings is 1. The zero-order valence-electron chi connectivity index (χ0n) is 27.4. The molecule has 16 heteroatoms. The summed E-state index contributed by atoms with van der Waals surface area (Å²) in [5.41, 5.74) is 1.54. The number of carbonyl (C=O) groups is 4. The second-order valence-corrected chi connectivity index (χ2v) is 11.2. The molecule has 15 nitrogen and oxygen atoms in total. The maximum Gasteiger partial charge on any atom is 0.255 e. The van der Waals surface area contributed by atoms with Crippen LogP contribution in [-0.2, 0) is 54.1 Å². The number of nitrogens with one attached hydrogen (secondary N) is 3. The lowest BCUT2D eigenvalue weighted by Crippen LogP contribution is -2.52. The lowest BCUT2D eigenvalue weighted by atomic mass is 10.0. The van der Waals surface area contributed by atoms with Crippen LogP contribution in [0.3, 0.4) is 0 Å². The van der Waals surface area contributed by atoms with Crippen molar-refractivity contribution >= 4 is 41.7 Å². The van der Waals surface area contributed by atoms with E-state index in [-0.39, 0.29) is 62.7 Å². The molecule has 270 valence electrons. The molecule has 48 heavy (non-hydrogen) atoms. The summed E-state index contributed by atoms with van der Waals surface area (Å²) >= 11 is 0. The maximum absolute atomic E-state index is 12.9. The second-order valence-electron chi connectivity index (χ2n) is 11.2. The van der Waals surface area contributed by atoms with Crippen LogP contribution in [-0.4, -0.2) is 140 Å². The average molecular weight is 701 g/mol. The molecule has 4 rings (SSSR count). The number of carbonyl (C=O) groups excluding carboxylic acids is 4. The van der Waals surface area contributed by atoms with Crippen LogP contribution in [0.5, 0.6) is 0 Å². The van der Waals surface area contributed by atoms with Gasteiger partial charge in [-0.1, -0.05) is 6.07 Å². The van der Waals surface area contributed by atoms with Gasteiger partial charge in [0.2, 0.25) is 17.7 Å². The average Bonchev–Trinajstić information content (AvgIpc) is 3.41. The number of fused-ring (bicyclic) bond motifs is 1. The normalized spacial score (nSPS) is 18.0. The fourth-order valence-electron chi connectivity index (χ4n) is 5.39. The lowest BCUT2D eigenvalue weighted by molar-refractivity contribution is -0.137. The number of hydrogen-bond donors (Lipinski definition) is 3. The number of ether oxygens (including phenoxy) is 7.